The third-order valence-electron chi connectivity index (χ3n) is 7.81. The number of methoxy groups -OCH3 is 1. The predicted octanol–water partition coefficient (Wildman–Crippen LogP) is 4.53. The first-order chi connectivity index (χ1) is 16.7. The molecule has 1 N–H and O–H groups in total. The van der Waals surface area contributed by atoms with Crippen LogP contribution in [0, 0.1) is 0 Å². The first kappa shape index (κ1) is 23.2. The van der Waals surface area contributed by atoms with Crippen molar-refractivity contribution in [1.29, 1.82) is 0 Å². The standard InChI is InChI=1S/C27H38N4O3/c1-33-23-12-13-25-24(16-23)27-20(19-34-25)17-29-31(27)18-26(32)28-14-15-30(21-8-4-2-5-9-21)22-10-6-3-7-11-22/h12-13,16-17,21-22H,2-11,14-15,18-19H2,1H3,(H,28,32). The van der Waals surface area contributed by atoms with Crippen molar-refractivity contribution in [2.75, 3.05) is 20.2 Å². The van der Waals surface area contributed by atoms with E-state index in [-0.39, 0.29) is 12.5 Å². The zero-order valence-corrected chi connectivity index (χ0v) is 20.4. The lowest BCUT2D eigenvalue weighted by Gasteiger charge is -2.41. The molecule has 5 rings (SSSR count). The highest BCUT2D eigenvalue weighted by atomic mass is 16.5. The van der Waals surface area contributed by atoms with Gasteiger partial charge in [-0.2, -0.15) is 5.10 Å². The average Bonchev–Trinajstić information content (AvgIpc) is 3.30. The fourth-order valence-electron chi connectivity index (χ4n) is 6.07. The van der Waals surface area contributed by atoms with Crippen LogP contribution >= 0.6 is 0 Å². The van der Waals surface area contributed by atoms with Gasteiger partial charge >= 0.3 is 0 Å². The molecule has 0 unspecified atom stereocenters. The molecule has 1 aromatic carbocycles. The Morgan fingerprint density at radius 3 is 2.50 bits per heavy atom. The van der Waals surface area contributed by atoms with Crippen LogP contribution < -0.4 is 14.8 Å². The van der Waals surface area contributed by atoms with E-state index < -0.39 is 0 Å². The topological polar surface area (TPSA) is 68.6 Å². The van der Waals surface area contributed by atoms with Crippen LogP contribution in [0.25, 0.3) is 11.3 Å². The Balaban J connectivity index is 1.21. The lowest BCUT2D eigenvalue weighted by molar-refractivity contribution is -0.121. The smallest absolute Gasteiger partial charge is 0.241 e. The summed E-state index contributed by atoms with van der Waals surface area (Å²) < 4.78 is 13.1. The number of nitrogens with zero attached hydrogens (tertiary/aromatic N) is 3. The van der Waals surface area contributed by atoms with Crippen LogP contribution in [0.3, 0.4) is 0 Å². The number of hydrogen-bond donors (Lipinski definition) is 1. The van der Waals surface area contributed by atoms with E-state index in [1.807, 2.05) is 18.2 Å². The third-order valence-corrected chi connectivity index (χ3v) is 7.81. The fourth-order valence-corrected chi connectivity index (χ4v) is 6.07. The lowest BCUT2D eigenvalue weighted by atomic mass is 9.88. The van der Waals surface area contributed by atoms with Gasteiger partial charge in [-0.05, 0) is 43.9 Å². The molecule has 34 heavy (non-hydrogen) atoms. The maximum atomic E-state index is 12.9. The highest BCUT2D eigenvalue weighted by Crippen LogP contribution is 2.39. The molecule has 2 fully saturated rings. The molecule has 0 atom stereocenters. The number of ether oxygens (including phenoxy) is 2. The molecule has 0 bridgehead atoms. The summed E-state index contributed by atoms with van der Waals surface area (Å²) in [5, 5.41) is 7.69. The highest BCUT2D eigenvalue weighted by molar-refractivity contribution is 5.78. The van der Waals surface area contributed by atoms with Crippen molar-refractivity contribution < 1.29 is 14.3 Å². The molecule has 3 aliphatic rings. The van der Waals surface area contributed by atoms with E-state index in [1.54, 1.807) is 18.0 Å². The van der Waals surface area contributed by atoms with E-state index in [0.717, 1.165) is 34.9 Å². The van der Waals surface area contributed by atoms with Crippen molar-refractivity contribution in [3.8, 4) is 22.8 Å². The minimum Gasteiger partial charge on any atom is -0.497 e. The van der Waals surface area contributed by atoms with Crippen molar-refractivity contribution in [2.45, 2.75) is 89.4 Å². The first-order valence-electron chi connectivity index (χ1n) is 13.1. The van der Waals surface area contributed by atoms with Crippen molar-refractivity contribution >= 4 is 5.91 Å². The summed E-state index contributed by atoms with van der Waals surface area (Å²) in [4.78, 5) is 15.7. The van der Waals surface area contributed by atoms with Gasteiger partial charge in [0.15, 0.2) is 0 Å². The molecule has 2 heterocycles. The molecule has 7 heteroatoms. The molecule has 2 aromatic rings. The monoisotopic (exact) mass is 466 g/mol. The van der Waals surface area contributed by atoms with Crippen molar-refractivity contribution in [1.82, 2.24) is 20.0 Å². The number of nitrogens with one attached hydrogen (secondary N) is 1. The maximum absolute atomic E-state index is 12.9. The van der Waals surface area contributed by atoms with Crippen molar-refractivity contribution in [3.05, 3.63) is 30.0 Å². The third kappa shape index (κ3) is 5.09. The van der Waals surface area contributed by atoms with Gasteiger partial charge in [0.1, 0.15) is 24.7 Å². The number of aromatic nitrogens is 2. The number of carbonyl (C=O) groups excluding carboxylic acids is 1. The minimum atomic E-state index is 0.00840. The largest absolute Gasteiger partial charge is 0.497 e. The summed E-state index contributed by atoms with van der Waals surface area (Å²) >= 11 is 0. The molecule has 2 aliphatic carbocycles. The van der Waals surface area contributed by atoms with Crippen LogP contribution in [0.15, 0.2) is 24.4 Å². The summed E-state index contributed by atoms with van der Waals surface area (Å²) in [5.41, 5.74) is 2.86. The SMILES string of the molecule is COc1ccc2c(c1)-c1c(cnn1CC(=O)NCCN(C1CCCCC1)C1CCCCC1)CO2. The van der Waals surface area contributed by atoms with Crippen molar-refractivity contribution in [3.63, 3.8) is 0 Å². The van der Waals surface area contributed by atoms with Gasteiger partial charge in [0.25, 0.3) is 0 Å². The fraction of sp³-hybridized carbons (Fsp3) is 0.630. The number of benzene rings is 1. The van der Waals surface area contributed by atoms with E-state index in [2.05, 4.69) is 15.3 Å². The second-order valence-corrected chi connectivity index (χ2v) is 10.00. The Labute approximate surface area is 202 Å². The van der Waals surface area contributed by atoms with Gasteiger partial charge in [0, 0.05) is 36.3 Å². The normalized spacial score (nSPS) is 18.8. The predicted molar refractivity (Wildman–Crippen MR) is 132 cm³/mol. The Morgan fingerprint density at radius 2 is 1.82 bits per heavy atom. The van der Waals surface area contributed by atoms with Gasteiger partial charge in [-0.15, -0.1) is 0 Å². The molecular weight excluding hydrogens is 428 g/mol. The highest BCUT2D eigenvalue weighted by Gasteiger charge is 2.29. The number of hydrogen-bond acceptors (Lipinski definition) is 5. The van der Waals surface area contributed by atoms with Gasteiger partial charge in [-0.25, -0.2) is 0 Å². The number of rotatable bonds is 8. The average molecular weight is 467 g/mol. The van der Waals surface area contributed by atoms with Gasteiger partial charge in [-0.3, -0.25) is 14.4 Å². The minimum absolute atomic E-state index is 0.00840. The Morgan fingerprint density at radius 1 is 1.12 bits per heavy atom. The molecule has 1 amide bonds. The van der Waals surface area contributed by atoms with E-state index in [1.165, 1.54) is 64.2 Å². The first-order valence-corrected chi connectivity index (χ1v) is 13.1. The van der Waals surface area contributed by atoms with Crippen LogP contribution in [0.1, 0.15) is 69.8 Å². The number of fused-ring (bicyclic) bond motifs is 3. The van der Waals surface area contributed by atoms with E-state index in [4.69, 9.17) is 9.47 Å². The Kier molecular flexibility index (Phi) is 7.38. The second kappa shape index (κ2) is 10.8. The van der Waals surface area contributed by atoms with Crippen LogP contribution in [0.5, 0.6) is 11.5 Å². The molecule has 2 saturated carbocycles. The van der Waals surface area contributed by atoms with Crippen molar-refractivity contribution in [2.24, 2.45) is 0 Å². The molecule has 0 saturated heterocycles. The molecule has 1 aliphatic heterocycles. The molecule has 1 aromatic heterocycles. The quantitative estimate of drug-likeness (QED) is 0.619. The second-order valence-electron chi connectivity index (χ2n) is 10.00. The number of amides is 1. The summed E-state index contributed by atoms with van der Waals surface area (Å²) in [7, 11) is 1.65. The zero-order chi connectivity index (χ0) is 23.3. The summed E-state index contributed by atoms with van der Waals surface area (Å²) in [6.45, 7) is 2.32. The van der Waals surface area contributed by atoms with E-state index in [9.17, 15) is 4.79 Å². The van der Waals surface area contributed by atoms with Gasteiger partial charge in [0.2, 0.25) is 5.91 Å². The van der Waals surface area contributed by atoms with Crippen LogP contribution in [0.2, 0.25) is 0 Å². The molecule has 7 nitrogen and oxygen atoms in total. The van der Waals surface area contributed by atoms with E-state index in [0.29, 0.717) is 25.2 Å². The zero-order valence-electron chi connectivity index (χ0n) is 20.4. The van der Waals surface area contributed by atoms with E-state index >= 15 is 0 Å². The van der Waals surface area contributed by atoms with Crippen LogP contribution in [-0.2, 0) is 17.9 Å². The maximum Gasteiger partial charge on any atom is 0.241 e. The molecule has 0 radical (unpaired) electrons. The molecule has 184 valence electrons. The molecule has 0 spiro atoms. The summed E-state index contributed by atoms with van der Waals surface area (Å²) in [5.74, 6) is 1.57. The summed E-state index contributed by atoms with van der Waals surface area (Å²) in [6.07, 6.45) is 15.2. The van der Waals surface area contributed by atoms with Crippen LogP contribution in [0.4, 0.5) is 0 Å². The van der Waals surface area contributed by atoms with Crippen LogP contribution in [-0.4, -0.2) is 52.9 Å². The Hall–Kier alpha value is -2.54. The number of carbonyl (C=O) groups is 1. The Bertz CT molecular complexity index is 958. The van der Waals surface area contributed by atoms with Gasteiger partial charge < -0.3 is 14.8 Å². The summed E-state index contributed by atoms with van der Waals surface area (Å²) in [6, 6.07) is 7.15. The lowest BCUT2D eigenvalue weighted by Crippen LogP contribution is -2.48. The van der Waals surface area contributed by atoms with Gasteiger partial charge in [0.05, 0.1) is 19.0 Å². The van der Waals surface area contributed by atoms with Gasteiger partial charge in [-0.1, -0.05) is 38.5 Å². The molecular formula is C27H38N4O3.